The van der Waals surface area contributed by atoms with Gasteiger partial charge in [-0.2, -0.15) is 0 Å². The summed E-state index contributed by atoms with van der Waals surface area (Å²) in [7, 11) is 1.30. The minimum absolute atomic E-state index is 0.0115. The summed E-state index contributed by atoms with van der Waals surface area (Å²) in [6.07, 6.45) is 3.11. The van der Waals surface area contributed by atoms with Crippen LogP contribution in [-0.2, 0) is 16.0 Å². The van der Waals surface area contributed by atoms with E-state index in [9.17, 15) is 19.5 Å². The first kappa shape index (κ1) is 24.7. The number of aromatic amines is 1. The monoisotopic (exact) mass is 488 g/mol. The second-order valence-corrected chi connectivity index (χ2v) is 8.82. The zero-order chi connectivity index (χ0) is 25.8. The van der Waals surface area contributed by atoms with Gasteiger partial charge in [0.25, 0.3) is 5.91 Å². The maximum atomic E-state index is 13.5. The van der Waals surface area contributed by atoms with Gasteiger partial charge < -0.3 is 25.5 Å². The van der Waals surface area contributed by atoms with Crippen LogP contribution < -0.4 is 11.3 Å². The molecule has 3 aromatic rings. The van der Waals surface area contributed by atoms with E-state index in [2.05, 4.69) is 4.98 Å². The number of nitrogens with two attached hydrogens (primary N) is 1. The van der Waals surface area contributed by atoms with Crippen LogP contribution in [0.4, 0.5) is 0 Å². The summed E-state index contributed by atoms with van der Waals surface area (Å²) in [4.78, 5) is 41.9. The number of pyridine rings is 1. The average Bonchev–Trinajstić information content (AvgIpc) is 3.37. The highest BCUT2D eigenvalue weighted by Crippen LogP contribution is 2.32. The number of esters is 1. The van der Waals surface area contributed by atoms with Crippen molar-refractivity contribution in [2.75, 3.05) is 13.7 Å². The lowest BCUT2D eigenvalue weighted by molar-refractivity contribution is -0.147. The molecule has 1 aliphatic heterocycles. The standard InChI is InChI=1S/C27H28N4O5/c1-36-27(35)21(14-20-13-18(25(28)29)8-10-23(20)32)22-3-2-12-31(22)26(34)17-6-4-16(5-7-17)19-9-11-24(33)30-15-19/h4-11,13,15,21-22,32H,2-3,12,14H2,1H3,(H3,28,29)(H,30,33)/t21?,22-/m1/s1. The molecule has 1 aliphatic rings. The first-order chi connectivity index (χ1) is 17.3. The number of carbonyl (C=O) groups is 2. The number of H-pyrrole nitrogens is 1. The van der Waals surface area contributed by atoms with E-state index in [-0.39, 0.29) is 29.5 Å². The number of likely N-dealkylation sites (tertiary alicyclic amines) is 1. The summed E-state index contributed by atoms with van der Waals surface area (Å²) in [5.74, 6) is -1.52. The number of aromatic hydroxyl groups is 1. The number of amidine groups is 1. The van der Waals surface area contributed by atoms with Gasteiger partial charge in [0.15, 0.2) is 0 Å². The van der Waals surface area contributed by atoms with Crippen molar-refractivity contribution in [2.45, 2.75) is 25.3 Å². The number of benzene rings is 2. The highest BCUT2D eigenvalue weighted by molar-refractivity contribution is 5.96. The van der Waals surface area contributed by atoms with Crippen LogP contribution in [0.1, 0.15) is 34.3 Å². The first-order valence-electron chi connectivity index (χ1n) is 11.6. The molecular formula is C27H28N4O5. The highest BCUT2D eigenvalue weighted by atomic mass is 16.5. The van der Waals surface area contributed by atoms with Crippen LogP contribution in [0.25, 0.3) is 11.1 Å². The van der Waals surface area contributed by atoms with Crippen molar-refractivity contribution in [3.63, 3.8) is 0 Å². The van der Waals surface area contributed by atoms with E-state index in [0.717, 1.165) is 17.5 Å². The van der Waals surface area contributed by atoms with Crippen molar-refractivity contribution in [3.8, 4) is 16.9 Å². The molecule has 1 fully saturated rings. The smallest absolute Gasteiger partial charge is 0.311 e. The van der Waals surface area contributed by atoms with Crippen LogP contribution in [-0.4, -0.2) is 52.4 Å². The van der Waals surface area contributed by atoms with Crippen molar-refractivity contribution in [1.29, 1.82) is 5.41 Å². The van der Waals surface area contributed by atoms with E-state index in [0.29, 0.717) is 29.7 Å². The van der Waals surface area contributed by atoms with Gasteiger partial charge in [-0.05, 0) is 72.4 Å². The molecule has 1 amide bonds. The Kier molecular flexibility index (Phi) is 7.19. The Hall–Kier alpha value is -4.40. The van der Waals surface area contributed by atoms with E-state index in [1.165, 1.54) is 25.3 Å². The predicted octanol–water partition coefficient (Wildman–Crippen LogP) is 2.67. The summed E-state index contributed by atoms with van der Waals surface area (Å²) in [6, 6.07) is 14.4. The topological polar surface area (TPSA) is 150 Å². The number of methoxy groups -OCH3 is 1. The van der Waals surface area contributed by atoms with E-state index in [1.54, 1.807) is 35.4 Å². The van der Waals surface area contributed by atoms with Crippen molar-refractivity contribution < 1.29 is 19.4 Å². The number of amides is 1. The summed E-state index contributed by atoms with van der Waals surface area (Å²) >= 11 is 0. The lowest BCUT2D eigenvalue weighted by Crippen LogP contribution is -2.44. The Morgan fingerprint density at radius 3 is 2.47 bits per heavy atom. The van der Waals surface area contributed by atoms with Gasteiger partial charge in [-0.3, -0.25) is 19.8 Å². The molecule has 9 nitrogen and oxygen atoms in total. The molecular weight excluding hydrogens is 460 g/mol. The molecule has 2 aromatic carbocycles. The first-order valence-corrected chi connectivity index (χ1v) is 11.6. The molecule has 2 heterocycles. The molecule has 2 atom stereocenters. The van der Waals surface area contributed by atoms with E-state index in [1.807, 2.05) is 12.1 Å². The second-order valence-electron chi connectivity index (χ2n) is 8.82. The lowest BCUT2D eigenvalue weighted by atomic mass is 9.89. The Labute approximate surface area is 208 Å². The van der Waals surface area contributed by atoms with Gasteiger partial charge in [-0.15, -0.1) is 0 Å². The van der Waals surface area contributed by atoms with Crippen LogP contribution >= 0.6 is 0 Å². The number of hydrogen-bond acceptors (Lipinski definition) is 6. The Balaban J connectivity index is 1.58. The molecule has 0 aliphatic carbocycles. The molecule has 0 radical (unpaired) electrons. The normalized spacial score (nSPS) is 15.9. The summed E-state index contributed by atoms with van der Waals surface area (Å²) in [5, 5.41) is 18.1. The van der Waals surface area contributed by atoms with Gasteiger partial charge >= 0.3 is 5.97 Å². The molecule has 4 rings (SSSR count). The summed E-state index contributed by atoms with van der Waals surface area (Å²) < 4.78 is 5.07. The summed E-state index contributed by atoms with van der Waals surface area (Å²) in [5.41, 5.74) is 8.47. The molecule has 9 heteroatoms. The molecule has 0 saturated carbocycles. The van der Waals surface area contributed by atoms with E-state index in [4.69, 9.17) is 15.9 Å². The van der Waals surface area contributed by atoms with Gasteiger partial charge in [0, 0.05) is 36.0 Å². The number of carbonyl (C=O) groups excluding carboxylic acids is 2. The zero-order valence-electron chi connectivity index (χ0n) is 19.9. The van der Waals surface area contributed by atoms with Gasteiger partial charge in [-0.1, -0.05) is 12.1 Å². The number of phenolic OH excluding ortho intramolecular Hbond substituents is 1. The molecule has 1 saturated heterocycles. The average molecular weight is 489 g/mol. The third-order valence-electron chi connectivity index (χ3n) is 6.61. The number of rotatable bonds is 7. The number of nitrogens with zero attached hydrogens (tertiary/aromatic N) is 1. The van der Waals surface area contributed by atoms with Crippen LogP contribution in [0.2, 0.25) is 0 Å². The lowest BCUT2D eigenvalue weighted by Gasteiger charge is -2.30. The summed E-state index contributed by atoms with van der Waals surface area (Å²) in [6.45, 7) is 0.498. The third-order valence-corrected chi connectivity index (χ3v) is 6.61. The molecule has 1 aromatic heterocycles. The Morgan fingerprint density at radius 2 is 1.83 bits per heavy atom. The van der Waals surface area contributed by atoms with Crippen LogP contribution in [0, 0.1) is 11.3 Å². The Bertz CT molecular complexity index is 1330. The minimum Gasteiger partial charge on any atom is -0.508 e. The van der Waals surface area contributed by atoms with Gasteiger partial charge in [0.1, 0.15) is 11.6 Å². The molecule has 186 valence electrons. The third kappa shape index (κ3) is 5.14. The number of phenols is 1. The second kappa shape index (κ2) is 10.5. The number of aromatic nitrogens is 1. The van der Waals surface area contributed by atoms with Gasteiger partial charge in [0.2, 0.25) is 5.56 Å². The van der Waals surface area contributed by atoms with Crippen LogP contribution in [0.3, 0.4) is 0 Å². The predicted molar refractivity (Wildman–Crippen MR) is 135 cm³/mol. The number of nitrogens with one attached hydrogen (secondary N) is 2. The molecule has 0 spiro atoms. The van der Waals surface area contributed by atoms with Gasteiger partial charge in [-0.25, -0.2) is 0 Å². The molecule has 1 unspecified atom stereocenters. The quantitative estimate of drug-likeness (QED) is 0.228. The molecule has 5 N–H and O–H groups in total. The van der Waals surface area contributed by atoms with Crippen molar-refractivity contribution in [3.05, 3.63) is 87.8 Å². The highest BCUT2D eigenvalue weighted by Gasteiger charge is 2.39. The maximum Gasteiger partial charge on any atom is 0.311 e. The minimum atomic E-state index is -0.699. The fourth-order valence-electron chi connectivity index (χ4n) is 4.71. The number of nitrogen functional groups attached to an aromatic ring is 1. The largest absolute Gasteiger partial charge is 0.508 e. The fraction of sp³-hybridized carbons (Fsp3) is 0.259. The van der Waals surface area contributed by atoms with Crippen molar-refractivity contribution >= 4 is 17.7 Å². The van der Waals surface area contributed by atoms with Crippen LogP contribution in [0.5, 0.6) is 5.75 Å². The van der Waals surface area contributed by atoms with Crippen molar-refractivity contribution in [1.82, 2.24) is 9.88 Å². The zero-order valence-corrected chi connectivity index (χ0v) is 19.9. The number of ether oxygens (including phenoxy) is 1. The molecule has 0 bridgehead atoms. The van der Waals surface area contributed by atoms with E-state index >= 15 is 0 Å². The number of hydrogen-bond donors (Lipinski definition) is 4. The van der Waals surface area contributed by atoms with Crippen molar-refractivity contribution in [2.24, 2.45) is 11.7 Å². The Morgan fingerprint density at radius 1 is 1.14 bits per heavy atom. The fourth-order valence-corrected chi connectivity index (χ4v) is 4.71. The SMILES string of the molecule is COC(=O)C(Cc1cc(C(=N)N)ccc1O)[C@H]1CCCN1C(=O)c1ccc(-c2ccc(=O)[nH]c2)cc1. The maximum absolute atomic E-state index is 13.5. The van der Waals surface area contributed by atoms with Gasteiger partial charge in [0.05, 0.1) is 13.0 Å². The molecule has 36 heavy (non-hydrogen) atoms. The van der Waals surface area contributed by atoms with E-state index < -0.39 is 17.9 Å². The van der Waals surface area contributed by atoms with Crippen LogP contribution in [0.15, 0.2) is 65.6 Å².